The number of nitrogens with zero attached hydrogens (tertiary/aromatic N) is 1. The summed E-state index contributed by atoms with van der Waals surface area (Å²) in [5.41, 5.74) is 2.10. The quantitative estimate of drug-likeness (QED) is 0.884. The molecule has 0 bridgehead atoms. The Morgan fingerprint density at radius 3 is 2.89 bits per heavy atom. The van der Waals surface area contributed by atoms with Gasteiger partial charge in [0, 0.05) is 20.6 Å². The average molecular weight is 270 g/mol. The molecule has 2 rings (SSSR count). The highest BCUT2D eigenvalue weighted by Gasteiger charge is 2.14. The number of fused-ring (bicyclic) bond motifs is 1. The minimum Gasteiger partial charge on any atom is -0.493 e. The molecule has 1 aromatic carbocycles. The van der Waals surface area contributed by atoms with Crippen molar-refractivity contribution in [1.29, 1.82) is 0 Å². The first-order valence-corrected chi connectivity index (χ1v) is 7.35. The van der Waals surface area contributed by atoms with E-state index in [2.05, 4.69) is 4.72 Å². The van der Waals surface area contributed by atoms with E-state index in [1.807, 2.05) is 18.2 Å². The molecule has 1 heterocycles. The largest absolute Gasteiger partial charge is 0.493 e. The maximum Gasteiger partial charge on any atom is 0.279 e. The molecule has 0 atom stereocenters. The van der Waals surface area contributed by atoms with Gasteiger partial charge < -0.3 is 4.74 Å². The Balaban J connectivity index is 2.07. The Morgan fingerprint density at radius 2 is 2.17 bits per heavy atom. The topological polar surface area (TPSA) is 58.6 Å². The molecule has 1 N–H and O–H groups in total. The second-order valence-corrected chi connectivity index (χ2v) is 6.47. The van der Waals surface area contributed by atoms with Crippen molar-refractivity contribution < 1.29 is 13.2 Å². The second kappa shape index (κ2) is 5.26. The van der Waals surface area contributed by atoms with Gasteiger partial charge in [-0.3, -0.25) is 0 Å². The van der Waals surface area contributed by atoms with Gasteiger partial charge in [0.15, 0.2) is 0 Å². The molecule has 0 aliphatic carbocycles. The zero-order valence-corrected chi connectivity index (χ0v) is 11.5. The molecule has 1 aliphatic rings. The highest BCUT2D eigenvalue weighted by molar-refractivity contribution is 7.87. The number of hydrogen-bond acceptors (Lipinski definition) is 3. The number of ether oxygens (including phenoxy) is 1. The van der Waals surface area contributed by atoms with Crippen LogP contribution in [0.5, 0.6) is 5.75 Å². The zero-order chi connectivity index (χ0) is 13.2. The summed E-state index contributed by atoms with van der Waals surface area (Å²) >= 11 is 0. The Hall–Kier alpha value is -1.11. The van der Waals surface area contributed by atoms with E-state index in [0.29, 0.717) is 6.54 Å². The molecular formula is C12H18N2O3S. The van der Waals surface area contributed by atoms with Gasteiger partial charge in [-0.2, -0.15) is 17.4 Å². The van der Waals surface area contributed by atoms with E-state index in [9.17, 15) is 8.42 Å². The lowest BCUT2D eigenvalue weighted by Gasteiger charge is -2.18. The van der Waals surface area contributed by atoms with Gasteiger partial charge >= 0.3 is 0 Å². The molecule has 0 saturated heterocycles. The van der Waals surface area contributed by atoms with Crippen molar-refractivity contribution in [3.63, 3.8) is 0 Å². The molecule has 18 heavy (non-hydrogen) atoms. The van der Waals surface area contributed by atoms with E-state index in [0.717, 1.165) is 40.6 Å². The molecular weight excluding hydrogens is 252 g/mol. The first-order valence-electron chi connectivity index (χ1n) is 5.91. The number of rotatable bonds is 4. The summed E-state index contributed by atoms with van der Waals surface area (Å²) in [6.45, 7) is 1.06. The predicted molar refractivity (Wildman–Crippen MR) is 69.7 cm³/mol. The fraction of sp³-hybridized carbons (Fsp3) is 0.500. The van der Waals surface area contributed by atoms with Crippen LogP contribution in [0.15, 0.2) is 18.2 Å². The molecule has 0 unspecified atom stereocenters. The van der Waals surface area contributed by atoms with E-state index in [1.54, 1.807) is 0 Å². The highest BCUT2D eigenvalue weighted by Crippen LogP contribution is 2.25. The van der Waals surface area contributed by atoms with Crippen molar-refractivity contribution in [1.82, 2.24) is 9.03 Å². The van der Waals surface area contributed by atoms with Crippen LogP contribution in [0.4, 0.5) is 0 Å². The maximum atomic E-state index is 11.6. The Morgan fingerprint density at radius 1 is 1.39 bits per heavy atom. The first kappa shape index (κ1) is 13.3. The van der Waals surface area contributed by atoms with Crippen LogP contribution in [0.1, 0.15) is 17.5 Å². The molecule has 0 aromatic heterocycles. The van der Waals surface area contributed by atoms with E-state index < -0.39 is 10.2 Å². The van der Waals surface area contributed by atoms with Gasteiger partial charge in [0.25, 0.3) is 10.2 Å². The zero-order valence-electron chi connectivity index (χ0n) is 10.6. The van der Waals surface area contributed by atoms with Crippen LogP contribution >= 0.6 is 0 Å². The van der Waals surface area contributed by atoms with Gasteiger partial charge in [0.05, 0.1) is 6.61 Å². The number of hydrogen-bond donors (Lipinski definition) is 1. The summed E-state index contributed by atoms with van der Waals surface area (Å²) in [7, 11) is -0.360. The summed E-state index contributed by atoms with van der Waals surface area (Å²) in [5, 5.41) is 0. The predicted octanol–water partition coefficient (Wildman–Crippen LogP) is 0.908. The van der Waals surface area contributed by atoms with Gasteiger partial charge in [-0.15, -0.1) is 0 Å². The molecule has 6 heteroatoms. The third-order valence-corrected chi connectivity index (χ3v) is 4.38. The minimum absolute atomic E-state index is 0.299. The Labute approximate surface area is 108 Å². The van der Waals surface area contributed by atoms with Gasteiger partial charge in [0.1, 0.15) is 5.75 Å². The van der Waals surface area contributed by atoms with Crippen molar-refractivity contribution in [2.45, 2.75) is 19.4 Å². The van der Waals surface area contributed by atoms with Crippen LogP contribution in [-0.2, 0) is 23.2 Å². The molecule has 0 fully saturated rings. The highest BCUT2D eigenvalue weighted by atomic mass is 32.2. The molecule has 5 nitrogen and oxygen atoms in total. The van der Waals surface area contributed by atoms with Crippen molar-refractivity contribution in [3.05, 3.63) is 29.3 Å². The number of aryl methyl sites for hydroxylation is 1. The summed E-state index contributed by atoms with van der Waals surface area (Å²) in [6.07, 6.45) is 2.00. The number of nitrogens with one attached hydrogen (secondary N) is 1. The maximum absolute atomic E-state index is 11.6. The van der Waals surface area contributed by atoms with Crippen molar-refractivity contribution >= 4 is 10.2 Å². The fourth-order valence-corrected chi connectivity index (χ4v) is 2.43. The van der Waals surface area contributed by atoms with Crippen molar-refractivity contribution in [2.75, 3.05) is 20.7 Å². The van der Waals surface area contributed by atoms with Crippen molar-refractivity contribution in [3.8, 4) is 5.75 Å². The van der Waals surface area contributed by atoms with Crippen LogP contribution in [0, 0.1) is 0 Å². The monoisotopic (exact) mass is 270 g/mol. The molecule has 1 aromatic rings. The first-order chi connectivity index (χ1) is 8.49. The van der Waals surface area contributed by atoms with E-state index in [1.165, 1.54) is 14.1 Å². The molecule has 100 valence electrons. The molecule has 1 aliphatic heterocycles. The SMILES string of the molecule is CN(C)S(=O)(=O)NCc1ccc2c(c1)CCCO2. The van der Waals surface area contributed by atoms with Crippen LogP contribution < -0.4 is 9.46 Å². The number of benzene rings is 1. The van der Waals surface area contributed by atoms with Crippen LogP contribution in [0.25, 0.3) is 0 Å². The fourth-order valence-electron chi connectivity index (χ4n) is 1.83. The minimum atomic E-state index is -3.37. The summed E-state index contributed by atoms with van der Waals surface area (Å²) in [6, 6.07) is 5.81. The van der Waals surface area contributed by atoms with Crippen molar-refractivity contribution in [2.24, 2.45) is 0 Å². The summed E-state index contributed by atoms with van der Waals surface area (Å²) in [4.78, 5) is 0. The van der Waals surface area contributed by atoms with Crippen LogP contribution in [-0.4, -0.2) is 33.4 Å². The smallest absolute Gasteiger partial charge is 0.279 e. The molecule has 0 spiro atoms. The van der Waals surface area contributed by atoms with Crippen LogP contribution in [0.3, 0.4) is 0 Å². The molecule has 0 amide bonds. The lowest BCUT2D eigenvalue weighted by atomic mass is 10.0. The molecule has 0 radical (unpaired) electrons. The Bertz CT molecular complexity index is 526. The van der Waals surface area contributed by atoms with E-state index in [-0.39, 0.29) is 0 Å². The third-order valence-electron chi connectivity index (χ3n) is 2.91. The Kier molecular flexibility index (Phi) is 3.89. The van der Waals surface area contributed by atoms with Gasteiger partial charge in [-0.1, -0.05) is 12.1 Å². The average Bonchev–Trinajstić information content (AvgIpc) is 2.36. The van der Waals surface area contributed by atoms with Gasteiger partial charge in [0.2, 0.25) is 0 Å². The normalized spacial score (nSPS) is 15.3. The third kappa shape index (κ3) is 3.01. The molecule has 0 saturated carbocycles. The van der Waals surface area contributed by atoms with E-state index >= 15 is 0 Å². The van der Waals surface area contributed by atoms with Crippen LogP contribution in [0.2, 0.25) is 0 Å². The summed E-state index contributed by atoms with van der Waals surface area (Å²) < 4.78 is 32.4. The lowest BCUT2D eigenvalue weighted by Crippen LogP contribution is -2.35. The summed E-state index contributed by atoms with van der Waals surface area (Å²) in [5.74, 6) is 0.917. The van der Waals surface area contributed by atoms with Gasteiger partial charge in [-0.05, 0) is 30.0 Å². The standard InChI is InChI=1S/C12H18N2O3S/c1-14(2)18(15,16)13-9-10-5-6-12-11(8-10)4-3-7-17-12/h5-6,8,13H,3-4,7,9H2,1-2H3. The van der Waals surface area contributed by atoms with E-state index in [4.69, 9.17) is 4.74 Å². The van der Waals surface area contributed by atoms with Gasteiger partial charge in [-0.25, -0.2) is 0 Å². The lowest BCUT2D eigenvalue weighted by molar-refractivity contribution is 0.288. The second-order valence-electron chi connectivity index (χ2n) is 4.50.